The van der Waals surface area contributed by atoms with Gasteiger partial charge in [-0.05, 0) is 19.1 Å². The van der Waals surface area contributed by atoms with Crippen LogP contribution in [0, 0.1) is 6.92 Å². The van der Waals surface area contributed by atoms with E-state index in [1.54, 1.807) is 6.07 Å². The highest BCUT2D eigenvalue weighted by Crippen LogP contribution is 2.25. The van der Waals surface area contributed by atoms with Gasteiger partial charge in [0.15, 0.2) is 0 Å². The quantitative estimate of drug-likeness (QED) is 0.938. The normalized spacial score (nSPS) is 15.0. The maximum atomic E-state index is 12.1. The highest BCUT2D eigenvalue weighted by atomic mass is 32.1. The van der Waals surface area contributed by atoms with Crippen LogP contribution in [0.15, 0.2) is 24.3 Å². The molecular formula is C14H16N4O2S. The smallest absolute Gasteiger partial charge is 0.257 e. The van der Waals surface area contributed by atoms with Crippen LogP contribution in [0.5, 0.6) is 0 Å². The van der Waals surface area contributed by atoms with Gasteiger partial charge < -0.3 is 9.64 Å². The van der Waals surface area contributed by atoms with Crippen LogP contribution in [0.2, 0.25) is 0 Å². The summed E-state index contributed by atoms with van der Waals surface area (Å²) in [6.45, 7) is 4.97. The van der Waals surface area contributed by atoms with Crippen molar-refractivity contribution in [3.63, 3.8) is 0 Å². The SMILES string of the molecule is Cc1cccc(C(=O)Nc2nnc(N3CCOCC3)s2)c1. The highest BCUT2D eigenvalue weighted by molar-refractivity contribution is 7.19. The third-order valence-corrected chi connectivity index (χ3v) is 4.10. The molecule has 21 heavy (non-hydrogen) atoms. The molecule has 0 unspecified atom stereocenters. The van der Waals surface area contributed by atoms with E-state index in [1.807, 2.05) is 25.1 Å². The van der Waals surface area contributed by atoms with Crippen molar-refractivity contribution in [2.45, 2.75) is 6.92 Å². The number of morpholine rings is 1. The second kappa shape index (κ2) is 6.19. The standard InChI is InChI=1S/C14H16N4O2S/c1-10-3-2-4-11(9-10)12(19)15-13-16-17-14(21-13)18-5-7-20-8-6-18/h2-4,9H,5-8H2,1H3,(H,15,16,19). The fourth-order valence-corrected chi connectivity index (χ4v) is 2.90. The first-order chi connectivity index (χ1) is 10.2. The lowest BCUT2D eigenvalue weighted by Gasteiger charge is -2.25. The predicted octanol–water partition coefficient (Wildman–Crippen LogP) is 1.94. The van der Waals surface area contributed by atoms with Crippen molar-refractivity contribution in [2.75, 3.05) is 36.5 Å². The van der Waals surface area contributed by atoms with Crippen molar-refractivity contribution >= 4 is 27.5 Å². The number of benzene rings is 1. The zero-order valence-electron chi connectivity index (χ0n) is 11.7. The average molecular weight is 304 g/mol. The van der Waals surface area contributed by atoms with E-state index in [4.69, 9.17) is 4.74 Å². The van der Waals surface area contributed by atoms with Gasteiger partial charge in [-0.1, -0.05) is 29.0 Å². The summed E-state index contributed by atoms with van der Waals surface area (Å²) in [5.41, 5.74) is 1.67. The molecule has 3 rings (SSSR count). The summed E-state index contributed by atoms with van der Waals surface area (Å²) >= 11 is 1.38. The highest BCUT2D eigenvalue weighted by Gasteiger charge is 2.17. The molecule has 1 aromatic carbocycles. The van der Waals surface area contributed by atoms with Gasteiger partial charge in [0, 0.05) is 18.7 Å². The molecular weight excluding hydrogens is 288 g/mol. The van der Waals surface area contributed by atoms with Gasteiger partial charge in [-0.3, -0.25) is 10.1 Å². The van der Waals surface area contributed by atoms with Gasteiger partial charge in [-0.2, -0.15) is 0 Å². The third kappa shape index (κ3) is 3.37. The Labute approximate surface area is 126 Å². The van der Waals surface area contributed by atoms with Crippen LogP contribution in [-0.4, -0.2) is 42.4 Å². The molecule has 1 aliphatic rings. The molecule has 0 atom stereocenters. The van der Waals surface area contributed by atoms with E-state index in [-0.39, 0.29) is 5.91 Å². The number of rotatable bonds is 3. The number of aromatic nitrogens is 2. The number of hydrogen-bond acceptors (Lipinski definition) is 6. The van der Waals surface area contributed by atoms with E-state index in [9.17, 15) is 4.79 Å². The lowest BCUT2D eigenvalue weighted by molar-refractivity contribution is 0.102. The summed E-state index contributed by atoms with van der Waals surface area (Å²) in [4.78, 5) is 14.3. The Morgan fingerprint density at radius 1 is 1.33 bits per heavy atom. The molecule has 0 aliphatic carbocycles. The number of ether oxygens (including phenoxy) is 1. The number of carbonyl (C=O) groups excluding carboxylic acids is 1. The second-order valence-electron chi connectivity index (χ2n) is 4.81. The molecule has 0 spiro atoms. The summed E-state index contributed by atoms with van der Waals surface area (Å²) < 4.78 is 5.31. The van der Waals surface area contributed by atoms with Crippen molar-refractivity contribution in [3.8, 4) is 0 Å². The summed E-state index contributed by atoms with van der Waals surface area (Å²) in [5, 5.41) is 12.3. The van der Waals surface area contributed by atoms with Crippen LogP contribution < -0.4 is 10.2 Å². The summed E-state index contributed by atoms with van der Waals surface area (Å²) in [7, 11) is 0. The Hall–Kier alpha value is -1.99. The topological polar surface area (TPSA) is 67.4 Å². The maximum absolute atomic E-state index is 12.1. The van der Waals surface area contributed by atoms with Crippen LogP contribution >= 0.6 is 11.3 Å². The Kier molecular flexibility index (Phi) is 4.12. The Bertz CT molecular complexity index is 637. The number of nitrogens with one attached hydrogen (secondary N) is 1. The minimum atomic E-state index is -0.164. The summed E-state index contributed by atoms with van der Waals surface area (Å²) in [5.74, 6) is -0.164. The zero-order valence-corrected chi connectivity index (χ0v) is 12.5. The molecule has 6 nitrogen and oxygen atoms in total. The Balaban J connectivity index is 1.68. The average Bonchev–Trinajstić information content (AvgIpc) is 2.97. The van der Waals surface area contributed by atoms with Crippen molar-refractivity contribution in [1.29, 1.82) is 0 Å². The largest absolute Gasteiger partial charge is 0.378 e. The molecule has 7 heteroatoms. The molecule has 1 N–H and O–H groups in total. The molecule has 0 saturated carbocycles. The van der Waals surface area contributed by atoms with Crippen molar-refractivity contribution in [3.05, 3.63) is 35.4 Å². The molecule has 0 bridgehead atoms. The van der Waals surface area contributed by atoms with Crippen LogP contribution in [0.25, 0.3) is 0 Å². The molecule has 2 aromatic rings. The fraction of sp³-hybridized carbons (Fsp3) is 0.357. The van der Waals surface area contributed by atoms with Gasteiger partial charge >= 0.3 is 0 Å². The number of nitrogens with zero attached hydrogens (tertiary/aromatic N) is 3. The number of amides is 1. The van der Waals surface area contributed by atoms with Crippen LogP contribution in [-0.2, 0) is 4.74 Å². The minimum Gasteiger partial charge on any atom is -0.378 e. The van der Waals surface area contributed by atoms with E-state index in [0.717, 1.165) is 23.8 Å². The summed E-state index contributed by atoms with van der Waals surface area (Å²) in [6, 6.07) is 7.45. The molecule has 110 valence electrons. The van der Waals surface area contributed by atoms with E-state index in [2.05, 4.69) is 20.4 Å². The number of anilines is 2. The van der Waals surface area contributed by atoms with Gasteiger partial charge in [0.1, 0.15) is 0 Å². The van der Waals surface area contributed by atoms with E-state index in [0.29, 0.717) is 23.9 Å². The van der Waals surface area contributed by atoms with Crippen LogP contribution in [0.1, 0.15) is 15.9 Å². The van der Waals surface area contributed by atoms with Gasteiger partial charge in [-0.15, -0.1) is 10.2 Å². The van der Waals surface area contributed by atoms with E-state index < -0.39 is 0 Å². The first-order valence-electron chi connectivity index (χ1n) is 6.76. The first kappa shape index (κ1) is 14.0. The van der Waals surface area contributed by atoms with Crippen molar-refractivity contribution in [1.82, 2.24) is 10.2 Å². The van der Waals surface area contributed by atoms with Gasteiger partial charge in [0.2, 0.25) is 10.3 Å². The molecule has 0 radical (unpaired) electrons. The molecule has 1 saturated heterocycles. The lowest BCUT2D eigenvalue weighted by Crippen LogP contribution is -2.36. The second-order valence-corrected chi connectivity index (χ2v) is 5.77. The fourth-order valence-electron chi connectivity index (χ4n) is 2.10. The van der Waals surface area contributed by atoms with Gasteiger partial charge in [-0.25, -0.2) is 0 Å². The van der Waals surface area contributed by atoms with E-state index >= 15 is 0 Å². The molecule has 1 amide bonds. The van der Waals surface area contributed by atoms with Gasteiger partial charge in [0.25, 0.3) is 5.91 Å². The lowest BCUT2D eigenvalue weighted by atomic mass is 10.1. The Morgan fingerprint density at radius 2 is 2.14 bits per heavy atom. The predicted molar refractivity (Wildman–Crippen MR) is 82.1 cm³/mol. The molecule has 1 fully saturated rings. The maximum Gasteiger partial charge on any atom is 0.257 e. The Morgan fingerprint density at radius 3 is 2.90 bits per heavy atom. The molecule has 1 aliphatic heterocycles. The third-order valence-electron chi connectivity index (χ3n) is 3.20. The minimum absolute atomic E-state index is 0.164. The number of carbonyl (C=O) groups is 1. The molecule has 1 aromatic heterocycles. The van der Waals surface area contributed by atoms with Gasteiger partial charge in [0.05, 0.1) is 13.2 Å². The monoisotopic (exact) mass is 304 g/mol. The van der Waals surface area contributed by atoms with Crippen molar-refractivity contribution in [2.24, 2.45) is 0 Å². The van der Waals surface area contributed by atoms with E-state index in [1.165, 1.54) is 11.3 Å². The molecule has 2 heterocycles. The number of aryl methyl sites for hydroxylation is 1. The first-order valence-corrected chi connectivity index (χ1v) is 7.58. The van der Waals surface area contributed by atoms with Crippen LogP contribution in [0.4, 0.5) is 10.3 Å². The zero-order chi connectivity index (χ0) is 14.7. The van der Waals surface area contributed by atoms with Crippen LogP contribution in [0.3, 0.4) is 0 Å². The van der Waals surface area contributed by atoms with Crippen molar-refractivity contribution < 1.29 is 9.53 Å². The number of hydrogen-bond donors (Lipinski definition) is 1. The summed E-state index contributed by atoms with van der Waals surface area (Å²) in [6.07, 6.45) is 0.